The molecule has 92 valence electrons. The molecule has 2 N–H and O–H groups in total. The van der Waals surface area contributed by atoms with Crippen LogP contribution in [0.2, 0.25) is 0 Å². The summed E-state index contributed by atoms with van der Waals surface area (Å²) in [6.45, 7) is 2.48. The number of β-amino-alcohol motifs (C(OH)–C–C–N with tert-alkyl or cyclic N) is 1. The van der Waals surface area contributed by atoms with Crippen LogP contribution in [-0.2, 0) is 6.42 Å². The first-order valence-electron chi connectivity index (χ1n) is 6.17. The van der Waals surface area contributed by atoms with Crippen LogP contribution in [0, 0.1) is 5.82 Å². The number of hydrogen-bond acceptors (Lipinski definition) is 3. The van der Waals surface area contributed by atoms with Gasteiger partial charge in [0, 0.05) is 31.4 Å². The number of halogens is 1. The highest BCUT2D eigenvalue weighted by molar-refractivity contribution is 5.58. The largest absolute Gasteiger partial charge is 0.392 e. The molecule has 2 heterocycles. The molecule has 4 heteroatoms. The Balaban J connectivity index is 1.73. The Morgan fingerprint density at radius 2 is 2.35 bits per heavy atom. The van der Waals surface area contributed by atoms with E-state index < -0.39 is 0 Å². The fourth-order valence-electron chi connectivity index (χ4n) is 2.81. The standard InChI is InChI=1S/C13H17FN2O/c14-10-2-1-9-3-4-16(13(9)5-10)8-11-6-12(17)7-15-11/h1-2,5,11-12,15,17H,3-4,6-8H2. The molecule has 0 saturated carbocycles. The number of nitrogens with one attached hydrogen (secondary N) is 1. The zero-order valence-electron chi connectivity index (χ0n) is 9.69. The van der Waals surface area contributed by atoms with Gasteiger partial charge in [-0.3, -0.25) is 0 Å². The summed E-state index contributed by atoms with van der Waals surface area (Å²) in [6.07, 6.45) is 1.56. The molecule has 0 amide bonds. The van der Waals surface area contributed by atoms with Crippen LogP contribution in [-0.4, -0.2) is 36.9 Å². The Hall–Kier alpha value is -1.13. The molecular weight excluding hydrogens is 219 g/mol. The van der Waals surface area contributed by atoms with Crippen LogP contribution in [0.5, 0.6) is 0 Å². The summed E-state index contributed by atoms with van der Waals surface area (Å²) in [6, 6.07) is 5.34. The van der Waals surface area contributed by atoms with E-state index in [0.29, 0.717) is 12.6 Å². The van der Waals surface area contributed by atoms with Gasteiger partial charge in [0.05, 0.1) is 6.10 Å². The number of aliphatic hydroxyl groups excluding tert-OH is 1. The van der Waals surface area contributed by atoms with Gasteiger partial charge in [0.2, 0.25) is 0 Å². The van der Waals surface area contributed by atoms with E-state index in [1.165, 1.54) is 11.6 Å². The van der Waals surface area contributed by atoms with E-state index >= 15 is 0 Å². The summed E-state index contributed by atoms with van der Waals surface area (Å²) in [5, 5.41) is 12.8. The van der Waals surface area contributed by atoms with Gasteiger partial charge in [0.1, 0.15) is 5.82 Å². The monoisotopic (exact) mass is 236 g/mol. The van der Waals surface area contributed by atoms with Crippen molar-refractivity contribution >= 4 is 5.69 Å². The van der Waals surface area contributed by atoms with Crippen LogP contribution in [0.25, 0.3) is 0 Å². The fraction of sp³-hybridized carbons (Fsp3) is 0.538. The molecule has 0 radical (unpaired) electrons. The molecule has 3 rings (SSSR count). The third-order valence-corrected chi connectivity index (χ3v) is 3.68. The van der Waals surface area contributed by atoms with Crippen LogP contribution in [0.4, 0.5) is 10.1 Å². The van der Waals surface area contributed by atoms with Crippen molar-refractivity contribution in [2.75, 3.05) is 24.5 Å². The molecule has 1 aromatic carbocycles. The van der Waals surface area contributed by atoms with Gasteiger partial charge in [-0.05, 0) is 30.5 Å². The lowest BCUT2D eigenvalue weighted by Gasteiger charge is -2.23. The second kappa shape index (κ2) is 4.27. The second-order valence-corrected chi connectivity index (χ2v) is 4.96. The molecule has 1 fully saturated rings. The van der Waals surface area contributed by atoms with E-state index in [4.69, 9.17) is 0 Å². The number of nitrogens with zero attached hydrogens (tertiary/aromatic N) is 1. The molecule has 0 aromatic heterocycles. The Kier molecular flexibility index (Phi) is 2.76. The van der Waals surface area contributed by atoms with Crippen LogP contribution < -0.4 is 10.2 Å². The van der Waals surface area contributed by atoms with Crippen LogP contribution in [0.3, 0.4) is 0 Å². The number of fused-ring (bicyclic) bond motifs is 1. The molecule has 17 heavy (non-hydrogen) atoms. The molecule has 0 aliphatic carbocycles. The maximum Gasteiger partial charge on any atom is 0.125 e. The lowest BCUT2D eigenvalue weighted by atomic mass is 10.1. The maximum absolute atomic E-state index is 13.2. The summed E-state index contributed by atoms with van der Waals surface area (Å²) in [4.78, 5) is 2.22. The minimum atomic E-state index is -0.227. The molecule has 2 aliphatic rings. The van der Waals surface area contributed by atoms with E-state index in [1.54, 1.807) is 6.07 Å². The number of anilines is 1. The minimum absolute atomic E-state index is 0.171. The molecule has 1 aromatic rings. The van der Waals surface area contributed by atoms with Crippen molar-refractivity contribution < 1.29 is 9.50 Å². The van der Waals surface area contributed by atoms with Gasteiger partial charge in [-0.2, -0.15) is 0 Å². The molecule has 1 saturated heterocycles. The highest BCUT2D eigenvalue weighted by Crippen LogP contribution is 2.29. The predicted molar refractivity (Wildman–Crippen MR) is 64.7 cm³/mol. The molecule has 0 spiro atoms. The van der Waals surface area contributed by atoms with Crippen molar-refractivity contribution in [3.8, 4) is 0 Å². The summed E-state index contributed by atoms with van der Waals surface area (Å²) >= 11 is 0. The topological polar surface area (TPSA) is 35.5 Å². The number of hydrogen-bond donors (Lipinski definition) is 2. The van der Waals surface area contributed by atoms with E-state index in [-0.39, 0.29) is 11.9 Å². The smallest absolute Gasteiger partial charge is 0.125 e. The Bertz CT molecular complexity index is 424. The summed E-state index contributed by atoms with van der Waals surface area (Å²) in [5.74, 6) is -0.171. The molecular formula is C13H17FN2O. The van der Waals surface area contributed by atoms with Crippen LogP contribution >= 0.6 is 0 Å². The summed E-state index contributed by atoms with van der Waals surface area (Å²) < 4.78 is 13.2. The van der Waals surface area contributed by atoms with Gasteiger partial charge in [0.15, 0.2) is 0 Å². The molecule has 3 nitrogen and oxygen atoms in total. The molecule has 0 bridgehead atoms. The zero-order valence-corrected chi connectivity index (χ0v) is 9.69. The second-order valence-electron chi connectivity index (χ2n) is 4.96. The highest BCUT2D eigenvalue weighted by Gasteiger charge is 2.27. The first-order chi connectivity index (χ1) is 8.22. The minimum Gasteiger partial charge on any atom is -0.392 e. The van der Waals surface area contributed by atoms with Gasteiger partial charge < -0.3 is 15.3 Å². The normalized spacial score (nSPS) is 27.5. The Morgan fingerprint density at radius 1 is 1.47 bits per heavy atom. The van der Waals surface area contributed by atoms with Gasteiger partial charge >= 0.3 is 0 Å². The highest BCUT2D eigenvalue weighted by atomic mass is 19.1. The van der Waals surface area contributed by atoms with Crippen molar-refractivity contribution in [1.82, 2.24) is 5.32 Å². The quantitative estimate of drug-likeness (QED) is 0.801. The first-order valence-corrected chi connectivity index (χ1v) is 6.17. The lowest BCUT2D eigenvalue weighted by Crippen LogP contribution is -2.36. The van der Waals surface area contributed by atoms with Gasteiger partial charge in [-0.25, -0.2) is 4.39 Å². The fourth-order valence-corrected chi connectivity index (χ4v) is 2.81. The maximum atomic E-state index is 13.2. The number of aliphatic hydroxyl groups is 1. The first kappa shape index (κ1) is 11.0. The summed E-state index contributed by atoms with van der Waals surface area (Å²) in [7, 11) is 0. The van der Waals surface area contributed by atoms with Crippen molar-refractivity contribution in [2.24, 2.45) is 0 Å². The van der Waals surface area contributed by atoms with Crippen molar-refractivity contribution in [2.45, 2.75) is 25.0 Å². The van der Waals surface area contributed by atoms with Gasteiger partial charge in [0.25, 0.3) is 0 Å². The van der Waals surface area contributed by atoms with Crippen LogP contribution in [0.1, 0.15) is 12.0 Å². The number of rotatable bonds is 2. The van der Waals surface area contributed by atoms with Gasteiger partial charge in [-0.15, -0.1) is 0 Å². The van der Waals surface area contributed by atoms with Crippen molar-refractivity contribution in [3.63, 3.8) is 0 Å². The molecule has 2 atom stereocenters. The van der Waals surface area contributed by atoms with Gasteiger partial charge in [-0.1, -0.05) is 6.07 Å². The average molecular weight is 236 g/mol. The number of benzene rings is 1. The van der Waals surface area contributed by atoms with Crippen molar-refractivity contribution in [1.29, 1.82) is 0 Å². The van der Waals surface area contributed by atoms with E-state index in [2.05, 4.69) is 10.2 Å². The van der Waals surface area contributed by atoms with E-state index in [1.807, 2.05) is 6.07 Å². The summed E-state index contributed by atoms with van der Waals surface area (Å²) in [5.41, 5.74) is 2.25. The van der Waals surface area contributed by atoms with Crippen molar-refractivity contribution in [3.05, 3.63) is 29.6 Å². The predicted octanol–water partition coefficient (Wildman–Crippen LogP) is 0.911. The van der Waals surface area contributed by atoms with Crippen LogP contribution in [0.15, 0.2) is 18.2 Å². The third kappa shape index (κ3) is 2.15. The third-order valence-electron chi connectivity index (χ3n) is 3.68. The zero-order chi connectivity index (χ0) is 11.8. The van der Waals surface area contributed by atoms with E-state index in [9.17, 15) is 9.50 Å². The Labute approximate surface area is 100 Å². The van der Waals surface area contributed by atoms with E-state index in [0.717, 1.165) is 31.6 Å². The lowest BCUT2D eigenvalue weighted by molar-refractivity contribution is 0.193. The molecule has 2 aliphatic heterocycles. The SMILES string of the molecule is OC1CNC(CN2CCc3ccc(F)cc32)C1. The Morgan fingerprint density at radius 3 is 3.12 bits per heavy atom. The molecule has 2 unspecified atom stereocenters. The average Bonchev–Trinajstić information content (AvgIpc) is 2.87.